The predicted octanol–water partition coefficient (Wildman–Crippen LogP) is 3.39. The van der Waals surface area contributed by atoms with Gasteiger partial charge in [-0.05, 0) is 25.3 Å². The van der Waals surface area contributed by atoms with E-state index in [0.29, 0.717) is 13.0 Å². The number of hydrogen-bond donors (Lipinski definition) is 0. The van der Waals surface area contributed by atoms with E-state index >= 15 is 0 Å². The summed E-state index contributed by atoms with van der Waals surface area (Å²) in [7, 11) is -3.30. The largest absolute Gasteiger partial charge is 0.411 e. The first kappa shape index (κ1) is 15.7. The van der Waals surface area contributed by atoms with Gasteiger partial charge in [-0.15, -0.1) is 0 Å². The summed E-state index contributed by atoms with van der Waals surface area (Å²) in [6.07, 6.45) is 1.83. The molecule has 2 atom stereocenters. The molecule has 2 heterocycles. The normalized spacial score (nSPS) is 24.8. The minimum absolute atomic E-state index is 0.340. The predicted molar refractivity (Wildman–Crippen MR) is 83.6 cm³/mol. The van der Waals surface area contributed by atoms with Gasteiger partial charge < -0.3 is 4.84 Å². The Balaban J connectivity index is 1.64. The van der Waals surface area contributed by atoms with Crippen molar-refractivity contribution in [2.45, 2.75) is 32.5 Å². The fourth-order valence-corrected chi connectivity index (χ4v) is 4.51. The van der Waals surface area contributed by atoms with Gasteiger partial charge in [0.15, 0.2) is 0 Å². The van der Waals surface area contributed by atoms with Crippen LogP contribution in [0.15, 0.2) is 35.5 Å². The van der Waals surface area contributed by atoms with Crippen LogP contribution in [0, 0.1) is 0 Å². The average molecular weight is 324 g/mol. The van der Waals surface area contributed by atoms with Crippen LogP contribution in [0.2, 0.25) is 0 Å². The molecule has 3 rings (SSSR count). The van der Waals surface area contributed by atoms with Crippen LogP contribution >= 0.6 is 7.75 Å². The Morgan fingerprint density at radius 3 is 2.73 bits per heavy atom. The Morgan fingerprint density at radius 1 is 1.32 bits per heavy atom. The summed E-state index contributed by atoms with van der Waals surface area (Å²) in [6, 6.07) is 9.77. The third-order valence-electron chi connectivity index (χ3n) is 3.72. The van der Waals surface area contributed by atoms with Crippen molar-refractivity contribution in [1.82, 2.24) is 4.67 Å². The molecule has 2 aliphatic rings. The maximum Gasteiger partial charge on any atom is 0.411 e. The molecular weight excluding hydrogens is 303 g/mol. The van der Waals surface area contributed by atoms with Gasteiger partial charge in [-0.2, -0.15) is 0 Å². The molecule has 7 heteroatoms. The van der Waals surface area contributed by atoms with Crippen molar-refractivity contribution in [3.63, 3.8) is 0 Å². The van der Waals surface area contributed by atoms with Crippen LogP contribution in [0.5, 0.6) is 0 Å². The molecule has 120 valence electrons. The molecule has 0 aromatic heterocycles. The van der Waals surface area contributed by atoms with Crippen LogP contribution in [0.4, 0.5) is 0 Å². The highest BCUT2D eigenvalue weighted by Crippen LogP contribution is 2.55. The van der Waals surface area contributed by atoms with E-state index in [-0.39, 0.29) is 0 Å². The van der Waals surface area contributed by atoms with Crippen LogP contribution in [0.25, 0.3) is 0 Å². The fraction of sp³-hybridized carbons (Fsp3) is 0.533. The maximum absolute atomic E-state index is 13.0. The van der Waals surface area contributed by atoms with E-state index < -0.39 is 14.0 Å². The molecule has 0 saturated carbocycles. The smallest absolute Gasteiger partial charge is 0.362 e. The SMILES string of the molecule is CCOP(=O)(OC1CC(c2ccccc2)=NO1)N1CCCC1. The zero-order valence-electron chi connectivity index (χ0n) is 12.7. The van der Waals surface area contributed by atoms with Gasteiger partial charge in [0.05, 0.1) is 18.7 Å². The Morgan fingerprint density at radius 2 is 2.05 bits per heavy atom. The van der Waals surface area contributed by atoms with Gasteiger partial charge in [-0.1, -0.05) is 35.5 Å². The summed E-state index contributed by atoms with van der Waals surface area (Å²) in [4.78, 5) is 5.31. The summed E-state index contributed by atoms with van der Waals surface area (Å²) >= 11 is 0. The average Bonchev–Trinajstić information content (AvgIpc) is 3.20. The van der Waals surface area contributed by atoms with Gasteiger partial charge in [0.1, 0.15) is 0 Å². The lowest BCUT2D eigenvalue weighted by molar-refractivity contribution is -0.0710. The molecule has 0 radical (unpaired) electrons. The van der Waals surface area contributed by atoms with Crippen LogP contribution in [-0.4, -0.2) is 36.4 Å². The number of hydrogen-bond acceptors (Lipinski definition) is 5. The summed E-state index contributed by atoms with van der Waals surface area (Å²) in [5, 5.41) is 4.05. The van der Waals surface area contributed by atoms with E-state index in [9.17, 15) is 4.57 Å². The van der Waals surface area contributed by atoms with Crippen LogP contribution in [0.3, 0.4) is 0 Å². The van der Waals surface area contributed by atoms with E-state index in [1.807, 2.05) is 37.3 Å². The summed E-state index contributed by atoms with van der Waals surface area (Å²) < 4.78 is 25.9. The topological polar surface area (TPSA) is 60.4 Å². The zero-order valence-corrected chi connectivity index (χ0v) is 13.6. The van der Waals surface area contributed by atoms with Crippen molar-refractivity contribution in [3.8, 4) is 0 Å². The fourth-order valence-electron chi connectivity index (χ4n) is 2.65. The lowest BCUT2D eigenvalue weighted by Crippen LogP contribution is -2.23. The number of benzene rings is 1. The summed E-state index contributed by atoms with van der Waals surface area (Å²) in [5.41, 5.74) is 1.79. The molecule has 1 saturated heterocycles. The van der Waals surface area contributed by atoms with Crippen molar-refractivity contribution in [3.05, 3.63) is 35.9 Å². The van der Waals surface area contributed by atoms with Crippen molar-refractivity contribution in [2.75, 3.05) is 19.7 Å². The van der Waals surface area contributed by atoms with Crippen molar-refractivity contribution in [2.24, 2.45) is 5.16 Å². The van der Waals surface area contributed by atoms with Gasteiger partial charge in [0.25, 0.3) is 0 Å². The highest BCUT2D eigenvalue weighted by atomic mass is 31.2. The summed E-state index contributed by atoms with van der Waals surface area (Å²) in [5.74, 6) is 0. The number of nitrogens with zero attached hydrogens (tertiary/aromatic N) is 2. The number of oxime groups is 1. The molecule has 2 aliphatic heterocycles. The van der Waals surface area contributed by atoms with E-state index in [1.165, 1.54) is 0 Å². The van der Waals surface area contributed by atoms with Gasteiger partial charge in [0, 0.05) is 13.1 Å². The van der Waals surface area contributed by atoms with E-state index in [0.717, 1.165) is 37.2 Å². The second kappa shape index (κ2) is 6.92. The van der Waals surface area contributed by atoms with Gasteiger partial charge >= 0.3 is 7.75 Å². The third kappa shape index (κ3) is 3.41. The van der Waals surface area contributed by atoms with E-state index in [2.05, 4.69) is 5.16 Å². The molecule has 0 N–H and O–H groups in total. The molecule has 0 spiro atoms. The first-order valence-corrected chi connectivity index (χ1v) is 9.17. The quantitative estimate of drug-likeness (QED) is 0.751. The Labute approximate surface area is 130 Å². The molecule has 1 aromatic rings. The minimum atomic E-state index is -3.30. The van der Waals surface area contributed by atoms with Gasteiger partial charge in [0.2, 0.25) is 6.29 Å². The molecular formula is C15H21N2O4P. The lowest BCUT2D eigenvalue weighted by Gasteiger charge is -2.27. The van der Waals surface area contributed by atoms with Crippen LogP contribution in [0.1, 0.15) is 31.7 Å². The monoisotopic (exact) mass is 324 g/mol. The lowest BCUT2D eigenvalue weighted by atomic mass is 10.1. The van der Waals surface area contributed by atoms with Gasteiger partial charge in [-0.25, -0.2) is 9.24 Å². The zero-order chi connectivity index (χ0) is 15.4. The molecule has 0 amide bonds. The maximum atomic E-state index is 13.0. The van der Waals surface area contributed by atoms with E-state index in [1.54, 1.807) is 4.67 Å². The molecule has 2 unspecified atom stereocenters. The highest BCUT2D eigenvalue weighted by molar-refractivity contribution is 7.51. The second-order valence-electron chi connectivity index (χ2n) is 5.30. The van der Waals surface area contributed by atoms with Crippen molar-refractivity contribution in [1.29, 1.82) is 0 Å². The molecule has 1 fully saturated rings. The Bertz CT molecular complexity index is 572. The van der Waals surface area contributed by atoms with E-state index in [4.69, 9.17) is 13.9 Å². The molecule has 6 nitrogen and oxygen atoms in total. The van der Waals surface area contributed by atoms with Crippen molar-refractivity contribution >= 4 is 13.5 Å². The molecule has 1 aromatic carbocycles. The first-order chi connectivity index (χ1) is 10.7. The van der Waals surface area contributed by atoms with Crippen LogP contribution < -0.4 is 0 Å². The standard InChI is InChI=1S/C15H21N2O4P/c1-2-19-22(18,17-10-6-7-11-17)21-15-12-14(16-20-15)13-8-4-3-5-9-13/h3-5,8-9,15H,2,6-7,10-12H2,1H3. The second-order valence-corrected chi connectivity index (χ2v) is 7.27. The Kier molecular flexibility index (Phi) is 4.93. The minimum Gasteiger partial charge on any atom is -0.362 e. The third-order valence-corrected chi connectivity index (χ3v) is 5.90. The number of rotatable bonds is 6. The molecule has 22 heavy (non-hydrogen) atoms. The molecule has 0 aliphatic carbocycles. The first-order valence-electron chi connectivity index (χ1n) is 7.68. The van der Waals surface area contributed by atoms with Crippen LogP contribution in [-0.2, 0) is 18.5 Å². The highest BCUT2D eigenvalue weighted by Gasteiger charge is 2.40. The summed E-state index contributed by atoms with van der Waals surface area (Å²) in [6.45, 7) is 3.62. The van der Waals surface area contributed by atoms with Crippen molar-refractivity contribution < 1.29 is 18.5 Å². The van der Waals surface area contributed by atoms with Gasteiger partial charge in [-0.3, -0.25) is 9.05 Å². The Hall–Kier alpha value is -1.20. The molecule has 0 bridgehead atoms.